The van der Waals surface area contributed by atoms with Crippen molar-refractivity contribution in [3.63, 3.8) is 0 Å². The second-order valence-corrected chi connectivity index (χ2v) is 14.3. The van der Waals surface area contributed by atoms with E-state index in [1.54, 1.807) is 0 Å². The summed E-state index contributed by atoms with van der Waals surface area (Å²) in [5, 5.41) is 0. The Labute approximate surface area is 207 Å². The molecule has 0 aliphatic heterocycles. The lowest BCUT2D eigenvalue weighted by molar-refractivity contribution is -0.0496. The van der Waals surface area contributed by atoms with Crippen LogP contribution in [0, 0.1) is 64.1 Å². The van der Waals surface area contributed by atoms with E-state index in [-0.39, 0.29) is 0 Å². The molecule has 3 saturated carbocycles. The third-order valence-electron chi connectivity index (χ3n) is 11.7. The highest BCUT2D eigenvalue weighted by molar-refractivity contribution is 5.25. The molecule has 0 aromatic carbocycles. The van der Waals surface area contributed by atoms with Crippen LogP contribution in [0.1, 0.15) is 120 Å². The van der Waals surface area contributed by atoms with Crippen molar-refractivity contribution in [2.24, 2.45) is 64.1 Å². The molecule has 3 fully saturated rings. The summed E-state index contributed by atoms with van der Waals surface area (Å²) >= 11 is 0. The molecule has 2 unspecified atom stereocenters. The van der Waals surface area contributed by atoms with Gasteiger partial charge in [0.1, 0.15) is 0 Å². The topological polar surface area (TPSA) is 0 Å². The van der Waals surface area contributed by atoms with Crippen molar-refractivity contribution in [1.82, 2.24) is 0 Å². The van der Waals surface area contributed by atoms with Gasteiger partial charge in [0, 0.05) is 0 Å². The largest absolute Gasteiger partial charge is 0.0851 e. The Morgan fingerprint density at radius 1 is 0.939 bits per heavy atom. The summed E-state index contributed by atoms with van der Waals surface area (Å²) in [7, 11) is 0. The van der Waals surface area contributed by atoms with Crippen LogP contribution in [0.4, 0.5) is 0 Å². The molecule has 0 amide bonds. The number of fused-ring (bicyclic) bond motifs is 5. The minimum Gasteiger partial charge on any atom is -0.0851 e. The first-order valence-electron chi connectivity index (χ1n) is 15.0. The molecule has 4 rings (SSSR count). The van der Waals surface area contributed by atoms with Crippen LogP contribution in [0.25, 0.3) is 0 Å². The molecule has 4 aliphatic carbocycles. The van der Waals surface area contributed by atoms with E-state index in [0.29, 0.717) is 10.8 Å². The summed E-state index contributed by atoms with van der Waals surface area (Å²) in [6.45, 7) is 19.9. The Hall–Kier alpha value is -0.520. The second-order valence-electron chi connectivity index (χ2n) is 14.3. The SMILES string of the molecule is CC[C@H](/C=C/[C@@H](C)[C@H]1CC[C@H]2C3CC=C4CC(CC(C)C)CC[C@]4(C)[C@H]3CC[C@]12C)C(C)C. The maximum absolute atomic E-state index is 2.78. The monoisotopic (exact) mass is 452 g/mol. The van der Waals surface area contributed by atoms with E-state index in [1.165, 1.54) is 64.2 Å². The summed E-state index contributed by atoms with van der Waals surface area (Å²) in [4.78, 5) is 0. The number of rotatable bonds is 7. The van der Waals surface area contributed by atoms with Crippen LogP contribution in [0.3, 0.4) is 0 Å². The van der Waals surface area contributed by atoms with Gasteiger partial charge < -0.3 is 0 Å². The van der Waals surface area contributed by atoms with E-state index in [4.69, 9.17) is 0 Å². The second kappa shape index (κ2) is 9.85. The van der Waals surface area contributed by atoms with Gasteiger partial charge in [0.05, 0.1) is 0 Å². The quantitative estimate of drug-likeness (QED) is 0.337. The van der Waals surface area contributed by atoms with E-state index >= 15 is 0 Å². The van der Waals surface area contributed by atoms with Gasteiger partial charge in [-0.1, -0.05) is 79.2 Å². The molecule has 0 spiro atoms. The molecular formula is C33H56. The first-order valence-corrected chi connectivity index (χ1v) is 15.0. The highest BCUT2D eigenvalue weighted by atomic mass is 14.6. The summed E-state index contributed by atoms with van der Waals surface area (Å²) in [6.07, 6.45) is 22.4. The highest BCUT2D eigenvalue weighted by Gasteiger charge is 2.58. The standard InChI is InChI=1S/C33H56/c1-9-26(23(4)5)11-10-24(6)29-14-15-30-28-13-12-27-21-25(20-22(2)3)16-18-32(27,7)31(28)17-19-33(29,30)8/h10-12,22-26,28-31H,9,13-21H2,1-8H3/b11-10+/t24-,25?,26-,28?,29-,30+,31+,32+,33-/m1/s1. The summed E-state index contributed by atoms with van der Waals surface area (Å²) in [6, 6.07) is 0. The Morgan fingerprint density at radius 3 is 2.36 bits per heavy atom. The molecule has 0 nitrogen and oxygen atoms in total. The Balaban J connectivity index is 1.49. The van der Waals surface area contributed by atoms with Gasteiger partial charge in [-0.05, 0) is 128 Å². The van der Waals surface area contributed by atoms with Crippen LogP contribution < -0.4 is 0 Å². The molecule has 0 heterocycles. The minimum atomic E-state index is 0.521. The van der Waals surface area contributed by atoms with Crippen LogP contribution in [0.2, 0.25) is 0 Å². The maximum Gasteiger partial charge on any atom is -0.00851 e. The average molecular weight is 453 g/mol. The van der Waals surface area contributed by atoms with Crippen molar-refractivity contribution >= 4 is 0 Å². The Morgan fingerprint density at radius 2 is 1.70 bits per heavy atom. The lowest BCUT2D eigenvalue weighted by Crippen LogP contribution is -2.50. The molecule has 4 aliphatic rings. The van der Waals surface area contributed by atoms with Gasteiger partial charge in [-0.2, -0.15) is 0 Å². The molecule has 188 valence electrons. The minimum absolute atomic E-state index is 0.521. The van der Waals surface area contributed by atoms with Crippen LogP contribution in [-0.4, -0.2) is 0 Å². The summed E-state index contributed by atoms with van der Waals surface area (Å²) < 4.78 is 0. The van der Waals surface area contributed by atoms with Gasteiger partial charge in [-0.25, -0.2) is 0 Å². The van der Waals surface area contributed by atoms with Crippen LogP contribution in [-0.2, 0) is 0 Å². The molecule has 0 N–H and O–H groups in total. The van der Waals surface area contributed by atoms with Gasteiger partial charge in [-0.3, -0.25) is 0 Å². The summed E-state index contributed by atoms with van der Waals surface area (Å²) in [5.41, 5.74) is 2.97. The van der Waals surface area contributed by atoms with Crippen molar-refractivity contribution < 1.29 is 0 Å². The van der Waals surface area contributed by atoms with Gasteiger partial charge >= 0.3 is 0 Å². The third-order valence-corrected chi connectivity index (χ3v) is 11.7. The molecule has 9 atom stereocenters. The molecule has 33 heavy (non-hydrogen) atoms. The van der Waals surface area contributed by atoms with E-state index in [1.807, 2.05) is 5.57 Å². The number of allylic oxidation sites excluding steroid dienone is 4. The number of hydrogen-bond acceptors (Lipinski definition) is 0. The van der Waals surface area contributed by atoms with Crippen LogP contribution >= 0.6 is 0 Å². The van der Waals surface area contributed by atoms with Gasteiger partial charge in [0.15, 0.2) is 0 Å². The van der Waals surface area contributed by atoms with E-state index < -0.39 is 0 Å². The number of hydrogen-bond donors (Lipinski definition) is 0. The maximum atomic E-state index is 2.78. The van der Waals surface area contributed by atoms with Crippen LogP contribution in [0.15, 0.2) is 23.8 Å². The van der Waals surface area contributed by atoms with Gasteiger partial charge in [0.2, 0.25) is 0 Å². The predicted octanol–water partition coefficient (Wildman–Crippen LogP) is 10.1. The fraction of sp³-hybridized carbons (Fsp3) is 0.879. The van der Waals surface area contributed by atoms with Crippen molar-refractivity contribution in [3.05, 3.63) is 23.8 Å². The predicted molar refractivity (Wildman–Crippen MR) is 145 cm³/mol. The molecule has 0 aromatic rings. The van der Waals surface area contributed by atoms with Crippen molar-refractivity contribution in [3.8, 4) is 0 Å². The van der Waals surface area contributed by atoms with Crippen LogP contribution in [0.5, 0.6) is 0 Å². The first-order chi connectivity index (χ1) is 15.6. The summed E-state index contributed by atoms with van der Waals surface area (Å²) in [5.74, 6) is 7.84. The lowest BCUT2D eigenvalue weighted by Gasteiger charge is -2.58. The molecule has 0 saturated heterocycles. The van der Waals surface area contributed by atoms with Crippen molar-refractivity contribution in [2.75, 3.05) is 0 Å². The fourth-order valence-electron chi connectivity index (χ4n) is 9.79. The van der Waals surface area contributed by atoms with E-state index in [2.05, 4.69) is 73.6 Å². The molecule has 0 aromatic heterocycles. The molecule has 0 radical (unpaired) electrons. The van der Waals surface area contributed by atoms with Gasteiger partial charge in [-0.15, -0.1) is 0 Å². The average Bonchev–Trinajstić information content (AvgIpc) is 3.11. The highest BCUT2D eigenvalue weighted by Crippen LogP contribution is 2.67. The smallest absolute Gasteiger partial charge is 0.00851 e. The zero-order valence-electron chi connectivity index (χ0n) is 23.5. The third kappa shape index (κ3) is 4.68. The molecule has 0 heteroatoms. The fourth-order valence-corrected chi connectivity index (χ4v) is 9.79. The Bertz CT molecular complexity index is 724. The van der Waals surface area contributed by atoms with Crippen molar-refractivity contribution in [2.45, 2.75) is 120 Å². The normalized spacial score (nSPS) is 42.7. The zero-order chi connectivity index (χ0) is 24.0. The van der Waals surface area contributed by atoms with Gasteiger partial charge in [0.25, 0.3) is 0 Å². The molecule has 0 bridgehead atoms. The zero-order valence-corrected chi connectivity index (χ0v) is 23.5. The van der Waals surface area contributed by atoms with E-state index in [9.17, 15) is 0 Å². The van der Waals surface area contributed by atoms with Crippen molar-refractivity contribution in [1.29, 1.82) is 0 Å². The first kappa shape index (κ1) is 25.6. The molecular weight excluding hydrogens is 396 g/mol. The Kier molecular flexibility index (Phi) is 7.63. The lowest BCUT2D eigenvalue weighted by atomic mass is 9.46. The van der Waals surface area contributed by atoms with E-state index in [0.717, 1.165) is 53.3 Å².